The first-order valence-electron chi connectivity index (χ1n) is 8.67. The number of aromatic nitrogens is 2. The van der Waals surface area contributed by atoms with Crippen LogP contribution in [0.15, 0.2) is 84.6 Å². The molecule has 164 valence electrons. The molecule has 10 heteroatoms. The first kappa shape index (κ1) is 25.7. The average Bonchev–Trinajstić information content (AvgIpc) is 2.75. The quantitative estimate of drug-likeness (QED) is 0.169. The van der Waals surface area contributed by atoms with Gasteiger partial charge < -0.3 is 21.4 Å². The molecule has 6 N–H and O–H groups in total. The molecule has 0 aliphatic heterocycles. The van der Waals surface area contributed by atoms with Gasteiger partial charge in [0.15, 0.2) is 10.9 Å². The Morgan fingerprint density at radius 2 is 1.68 bits per heavy atom. The number of Topliss-reactive ketones (excluding diaryl/α,β-unsaturated/α-hetero) is 1. The third-order valence-electron chi connectivity index (χ3n) is 4.00. The maximum absolute atomic E-state index is 11.6. The Bertz CT molecular complexity index is 1110. The van der Waals surface area contributed by atoms with Gasteiger partial charge in [0.1, 0.15) is 0 Å². The van der Waals surface area contributed by atoms with Crippen molar-refractivity contribution in [3.63, 3.8) is 0 Å². The summed E-state index contributed by atoms with van der Waals surface area (Å²) in [5.74, 6) is 0.0955. The largest absolute Gasteiger partial charge is 0.493 e. The Balaban J connectivity index is 0.000000291. The van der Waals surface area contributed by atoms with E-state index in [1.807, 2.05) is 12.1 Å². The van der Waals surface area contributed by atoms with E-state index in [9.17, 15) is 4.79 Å². The molecular weight excluding hydrogens is 461 g/mol. The molecule has 8 nitrogen and oxygen atoms in total. The van der Waals surface area contributed by atoms with Crippen molar-refractivity contribution < 1.29 is 31.5 Å². The minimum atomic E-state index is -0.197. The average molecular weight is 482 g/mol. The van der Waals surface area contributed by atoms with E-state index in [0.29, 0.717) is 11.3 Å². The Kier molecular flexibility index (Phi) is 10.3. The molecule has 1 aliphatic carbocycles. The smallest absolute Gasteiger partial charge is 0.229 e. The fourth-order valence-electron chi connectivity index (χ4n) is 2.67. The minimum absolute atomic E-state index is 0. The summed E-state index contributed by atoms with van der Waals surface area (Å²) in [5.41, 5.74) is 12.7. The topological polar surface area (TPSA) is 134 Å². The Morgan fingerprint density at radius 3 is 2.19 bits per heavy atom. The zero-order chi connectivity index (χ0) is 20.6. The van der Waals surface area contributed by atoms with Crippen LogP contribution in [0.25, 0.3) is 21.8 Å². The standard InChI is InChI=1S/C12H8N2.C9H11N3O2S.Ni.H2O/c1-3-9-5-6-10-4-2-8-14-12(10)11(9)13-7-1;1-14-7-4-2-3-6(8(7)13)5-11-12-9(10)15;;/h1-8H;2-5,11H,1H3,(H3,10,12,15);;1H2/b;6-5-;;. The van der Waals surface area contributed by atoms with E-state index in [2.05, 4.69) is 57.3 Å². The number of allylic oxidation sites excluding steroid dienone is 4. The number of methoxy groups -OCH3 is 1. The van der Waals surface area contributed by atoms with Crippen LogP contribution in [0, 0.1) is 0 Å². The molecule has 1 aliphatic rings. The number of hydrogen-bond acceptors (Lipinski definition) is 6. The third-order valence-corrected chi connectivity index (χ3v) is 4.10. The molecule has 0 bridgehead atoms. The van der Waals surface area contributed by atoms with E-state index < -0.39 is 0 Å². The Labute approximate surface area is 194 Å². The van der Waals surface area contributed by atoms with Gasteiger partial charge in [-0.2, -0.15) is 0 Å². The van der Waals surface area contributed by atoms with E-state index in [4.69, 9.17) is 10.5 Å². The minimum Gasteiger partial charge on any atom is -0.493 e. The second-order valence-electron chi connectivity index (χ2n) is 5.87. The number of ether oxygens (including phenoxy) is 1. The number of nitrogens with two attached hydrogens (primary N) is 1. The molecule has 4 rings (SSSR count). The number of fused-ring (bicyclic) bond motifs is 3. The van der Waals surface area contributed by atoms with Crippen LogP contribution in [0.3, 0.4) is 0 Å². The number of hydrazine groups is 1. The number of nitrogens with one attached hydrogen (secondary N) is 2. The number of carbonyl (C=O) groups excluding carboxylic acids is 1. The van der Waals surface area contributed by atoms with Gasteiger partial charge in [-0.3, -0.25) is 20.2 Å². The number of rotatable bonds is 3. The molecular formula is C21H21N5NiO3S. The fraction of sp³-hybridized carbons (Fsp3) is 0.0476. The molecule has 0 amide bonds. The maximum atomic E-state index is 11.6. The van der Waals surface area contributed by atoms with Crippen molar-refractivity contribution in [1.82, 2.24) is 20.8 Å². The predicted molar refractivity (Wildman–Crippen MR) is 121 cm³/mol. The molecule has 2 heterocycles. The van der Waals surface area contributed by atoms with Crippen LogP contribution in [0.2, 0.25) is 0 Å². The van der Waals surface area contributed by atoms with E-state index in [-0.39, 0.29) is 32.9 Å². The molecule has 1 aromatic carbocycles. The van der Waals surface area contributed by atoms with Crippen molar-refractivity contribution in [3.8, 4) is 0 Å². The number of carbonyl (C=O) groups is 1. The van der Waals surface area contributed by atoms with Gasteiger partial charge in [-0.25, -0.2) is 0 Å². The van der Waals surface area contributed by atoms with Crippen LogP contribution in [0.4, 0.5) is 0 Å². The SMILES string of the molecule is COC1=CC=C/C(=C/NNC(N)=S)C1=O.O.[Ni].c1cnc2c(c1)ccc1cccnc12. The number of ketones is 1. The van der Waals surface area contributed by atoms with Gasteiger partial charge in [0.2, 0.25) is 5.78 Å². The normalized spacial score (nSPS) is 13.3. The first-order valence-corrected chi connectivity index (χ1v) is 9.07. The summed E-state index contributed by atoms with van der Waals surface area (Å²) < 4.78 is 4.88. The van der Waals surface area contributed by atoms with Gasteiger partial charge in [-0.05, 0) is 36.5 Å². The number of pyridine rings is 2. The maximum Gasteiger partial charge on any atom is 0.229 e. The van der Waals surface area contributed by atoms with E-state index in [1.54, 1.807) is 30.6 Å². The van der Waals surface area contributed by atoms with E-state index in [1.165, 1.54) is 13.3 Å². The second-order valence-corrected chi connectivity index (χ2v) is 6.31. The molecule has 0 saturated heterocycles. The van der Waals surface area contributed by atoms with Crippen LogP contribution in [-0.2, 0) is 26.0 Å². The van der Waals surface area contributed by atoms with Crippen molar-refractivity contribution in [2.75, 3.05) is 7.11 Å². The van der Waals surface area contributed by atoms with Gasteiger partial charge in [0.25, 0.3) is 0 Å². The van der Waals surface area contributed by atoms with Crippen LogP contribution in [-0.4, -0.2) is 33.4 Å². The van der Waals surface area contributed by atoms with Crippen molar-refractivity contribution in [2.24, 2.45) is 5.73 Å². The van der Waals surface area contributed by atoms with Crippen molar-refractivity contribution in [1.29, 1.82) is 0 Å². The van der Waals surface area contributed by atoms with Crippen molar-refractivity contribution >= 4 is 44.9 Å². The molecule has 2 aromatic heterocycles. The summed E-state index contributed by atoms with van der Waals surface area (Å²) in [6.45, 7) is 0. The number of thiocarbonyl (C=S) groups is 1. The summed E-state index contributed by atoms with van der Waals surface area (Å²) in [5, 5.41) is 2.37. The molecule has 0 fully saturated rings. The molecule has 0 radical (unpaired) electrons. The Morgan fingerprint density at radius 1 is 1.10 bits per heavy atom. The van der Waals surface area contributed by atoms with Crippen molar-refractivity contribution in [3.05, 3.63) is 84.6 Å². The first-order chi connectivity index (χ1) is 14.1. The molecule has 0 saturated carbocycles. The number of nitrogens with zero attached hydrogens (tertiary/aromatic N) is 2. The van der Waals surface area contributed by atoms with Gasteiger partial charge in [0.05, 0.1) is 18.1 Å². The monoisotopic (exact) mass is 481 g/mol. The second kappa shape index (κ2) is 12.4. The van der Waals surface area contributed by atoms with Crippen LogP contribution in [0.1, 0.15) is 0 Å². The third kappa shape index (κ3) is 6.58. The number of hydrogen-bond donors (Lipinski definition) is 3. The Hall–Kier alpha value is -3.33. The van der Waals surface area contributed by atoms with Gasteiger partial charge in [0, 0.05) is 51.4 Å². The summed E-state index contributed by atoms with van der Waals surface area (Å²) in [7, 11) is 1.45. The van der Waals surface area contributed by atoms with Gasteiger partial charge in [-0.15, -0.1) is 0 Å². The molecule has 0 unspecified atom stereocenters. The van der Waals surface area contributed by atoms with Crippen molar-refractivity contribution in [2.45, 2.75) is 0 Å². The molecule has 0 spiro atoms. The number of benzene rings is 1. The van der Waals surface area contributed by atoms with Crippen LogP contribution >= 0.6 is 12.2 Å². The summed E-state index contributed by atoms with van der Waals surface area (Å²) in [4.78, 5) is 20.3. The fourth-order valence-corrected chi connectivity index (χ4v) is 2.73. The van der Waals surface area contributed by atoms with E-state index in [0.717, 1.165) is 21.8 Å². The summed E-state index contributed by atoms with van der Waals surface area (Å²) in [6.07, 6.45) is 10.0. The van der Waals surface area contributed by atoms with Crippen LogP contribution in [0.5, 0.6) is 0 Å². The summed E-state index contributed by atoms with van der Waals surface area (Å²) >= 11 is 4.57. The van der Waals surface area contributed by atoms with Gasteiger partial charge >= 0.3 is 0 Å². The summed E-state index contributed by atoms with van der Waals surface area (Å²) in [6, 6.07) is 12.1. The zero-order valence-corrected chi connectivity index (χ0v) is 18.2. The molecule has 31 heavy (non-hydrogen) atoms. The van der Waals surface area contributed by atoms with Gasteiger partial charge in [-0.1, -0.05) is 30.3 Å². The predicted octanol–water partition coefficient (Wildman–Crippen LogP) is 1.83. The zero-order valence-electron chi connectivity index (χ0n) is 16.4. The van der Waals surface area contributed by atoms with E-state index >= 15 is 0 Å². The van der Waals surface area contributed by atoms with Crippen LogP contribution < -0.4 is 16.6 Å². The molecule has 3 aromatic rings. The molecule has 0 atom stereocenters.